The number of benzene rings is 1. The van der Waals surface area contributed by atoms with Crippen molar-refractivity contribution in [1.29, 1.82) is 0 Å². The summed E-state index contributed by atoms with van der Waals surface area (Å²) in [5, 5.41) is 2.84. The van der Waals surface area contributed by atoms with Crippen LogP contribution in [0.2, 0.25) is 0 Å². The number of anilines is 2. The molecule has 0 aliphatic carbocycles. The first-order valence-corrected chi connectivity index (χ1v) is 6.14. The van der Waals surface area contributed by atoms with E-state index in [0.717, 1.165) is 16.9 Å². The first-order valence-electron chi connectivity index (χ1n) is 6.14. The lowest BCUT2D eigenvalue weighted by molar-refractivity contribution is 0.102. The van der Waals surface area contributed by atoms with Gasteiger partial charge in [0.2, 0.25) is 0 Å². The second-order valence-corrected chi connectivity index (χ2v) is 4.76. The molecule has 0 bridgehead atoms. The number of amides is 1. The van der Waals surface area contributed by atoms with Crippen LogP contribution in [0.25, 0.3) is 0 Å². The summed E-state index contributed by atoms with van der Waals surface area (Å²) < 4.78 is 5.47. The van der Waals surface area contributed by atoms with E-state index in [1.54, 1.807) is 13.0 Å². The summed E-state index contributed by atoms with van der Waals surface area (Å²) in [6.45, 7) is 7.46. The van der Waals surface area contributed by atoms with Gasteiger partial charge in [-0.05, 0) is 45.4 Å². The summed E-state index contributed by atoms with van der Waals surface area (Å²) in [5.41, 5.74) is 9.52. The number of carbonyl (C=O) groups excluding carboxylic acids is 1. The number of aryl methyl sites for hydroxylation is 3. The molecule has 0 aliphatic heterocycles. The molecule has 4 heteroatoms. The Morgan fingerprint density at radius 2 is 1.84 bits per heavy atom. The number of hydrogen-bond donors (Lipinski definition) is 2. The van der Waals surface area contributed by atoms with E-state index in [2.05, 4.69) is 5.32 Å². The zero-order valence-corrected chi connectivity index (χ0v) is 11.6. The fraction of sp³-hybridized carbons (Fsp3) is 0.267. The van der Waals surface area contributed by atoms with Crippen LogP contribution in [0.15, 0.2) is 22.6 Å². The SMILES string of the molecule is Cc1ccc(N)c(NC(=O)c2c(C)oc(C)c2C)c1. The van der Waals surface area contributed by atoms with Gasteiger partial charge in [-0.3, -0.25) is 4.79 Å². The summed E-state index contributed by atoms with van der Waals surface area (Å²) in [7, 11) is 0. The van der Waals surface area contributed by atoms with E-state index >= 15 is 0 Å². The molecule has 0 saturated carbocycles. The molecule has 100 valence electrons. The molecule has 1 amide bonds. The van der Waals surface area contributed by atoms with Gasteiger partial charge in [-0.2, -0.15) is 0 Å². The molecule has 0 unspecified atom stereocenters. The third kappa shape index (κ3) is 2.47. The van der Waals surface area contributed by atoms with Gasteiger partial charge in [0.15, 0.2) is 0 Å². The normalized spacial score (nSPS) is 10.5. The van der Waals surface area contributed by atoms with Gasteiger partial charge in [-0.15, -0.1) is 0 Å². The smallest absolute Gasteiger partial charge is 0.259 e. The van der Waals surface area contributed by atoms with Crippen LogP contribution in [0, 0.1) is 27.7 Å². The van der Waals surface area contributed by atoms with Gasteiger partial charge >= 0.3 is 0 Å². The Kier molecular flexibility index (Phi) is 3.34. The Morgan fingerprint density at radius 1 is 1.16 bits per heavy atom. The molecule has 19 heavy (non-hydrogen) atoms. The molecule has 4 nitrogen and oxygen atoms in total. The van der Waals surface area contributed by atoms with E-state index in [4.69, 9.17) is 10.2 Å². The predicted octanol–water partition coefficient (Wildman–Crippen LogP) is 3.35. The maximum atomic E-state index is 12.3. The molecule has 3 N–H and O–H groups in total. The van der Waals surface area contributed by atoms with Gasteiger partial charge in [0.1, 0.15) is 11.5 Å². The predicted molar refractivity (Wildman–Crippen MR) is 76.5 cm³/mol. The first kappa shape index (κ1) is 13.2. The van der Waals surface area contributed by atoms with E-state index in [9.17, 15) is 4.79 Å². The summed E-state index contributed by atoms with van der Waals surface area (Å²) in [6.07, 6.45) is 0. The Morgan fingerprint density at radius 3 is 2.42 bits per heavy atom. The van der Waals surface area contributed by atoms with Crippen molar-refractivity contribution in [2.24, 2.45) is 0 Å². The van der Waals surface area contributed by atoms with Gasteiger partial charge in [0.25, 0.3) is 5.91 Å². The van der Waals surface area contributed by atoms with Crippen LogP contribution in [-0.4, -0.2) is 5.91 Å². The largest absolute Gasteiger partial charge is 0.466 e. The fourth-order valence-corrected chi connectivity index (χ4v) is 2.09. The number of carbonyl (C=O) groups is 1. The highest BCUT2D eigenvalue weighted by Gasteiger charge is 2.19. The Hall–Kier alpha value is -2.23. The lowest BCUT2D eigenvalue weighted by atomic mass is 10.1. The van der Waals surface area contributed by atoms with E-state index in [1.165, 1.54) is 0 Å². The van der Waals surface area contributed by atoms with Crippen molar-refractivity contribution in [3.63, 3.8) is 0 Å². The van der Waals surface area contributed by atoms with Crippen molar-refractivity contribution in [2.75, 3.05) is 11.1 Å². The van der Waals surface area contributed by atoms with Crippen LogP contribution in [0.1, 0.15) is 33.0 Å². The lowest BCUT2D eigenvalue weighted by Gasteiger charge is -2.09. The lowest BCUT2D eigenvalue weighted by Crippen LogP contribution is -2.14. The number of nitrogen functional groups attached to an aromatic ring is 1. The Balaban J connectivity index is 2.33. The van der Waals surface area contributed by atoms with Crippen LogP contribution in [0.5, 0.6) is 0 Å². The molecule has 2 rings (SSSR count). The summed E-state index contributed by atoms with van der Waals surface area (Å²) in [4.78, 5) is 12.3. The third-order valence-corrected chi connectivity index (χ3v) is 3.25. The second-order valence-electron chi connectivity index (χ2n) is 4.76. The molecule has 1 aromatic heterocycles. The molecule has 0 aliphatic rings. The van der Waals surface area contributed by atoms with Gasteiger partial charge < -0.3 is 15.5 Å². The van der Waals surface area contributed by atoms with Crippen LogP contribution >= 0.6 is 0 Å². The highest BCUT2D eigenvalue weighted by atomic mass is 16.3. The van der Waals surface area contributed by atoms with E-state index in [0.29, 0.717) is 22.7 Å². The number of furan rings is 1. The maximum absolute atomic E-state index is 12.3. The van der Waals surface area contributed by atoms with Crippen LogP contribution in [-0.2, 0) is 0 Å². The fourth-order valence-electron chi connectivity index (χ4n) is 2.09. The summed E-state index contributed by atoms with van der Waals surface area (Å²) in [5.74, 6) is 1.20. The maximum Gasteiger partial charge on any atom is 0.259 e. The molecule has 2 aromatic rings. The van der Waals surface area contributed by atoms with Gasteiger partial charge in [-0.25, -0.2) is 0 Å². The molecule has 0 spiro atoms. The molecule has 0 atom stereocenters. The van der Waals surface area contributed by atoms with Gasteiger partial charge in [0.05, 0.1) is 16.9 Å². The molecular weight excluding hydrogens is 240 g/mol. The number of nitrogens with one attached hydrogen (secondary N) is 1. The highest BCUT2D eigenvalue weighted by molar-refractivity contribution is 6.07. The minimum atomic E-state index is -0.191. The molecule has 0 radical (unpaired) electrons. The second kappa shape index (κ2) is 4.80. The molecule has 0 fully saturated rings. The molecular formula is C15H18N2O2. The monoisotopic (exact) mass is 258 g/mol. The molecule has 0 saturated heterocycles. The first-order chi connectivity index (χ1) is 8.90. The van der Waals surface area contributed by atoms with Crippen molar-refractivity contribution in [1.82, 2.24) is 0 Å². The highest BCUT2D eigenvalue weighted by Crippen LogP contribution is 2.24. The van der Waals surface area contributed by atoms with Crippen molar-refractivity contribution in [3.05, 3.63) is 46.4 Å². The standard InChI is InChI=1S/C15H18N2O2/c1-8-5-6-12(16)13(7-8)17-15(18)14-9(2)10(3)19-11(14)4/h5-7H,16H2,1-4H3,(H,17,18). The molecule has 1 heterocycles. The van der Waals surface area contributed by atoms with Crippen molar-refractivity contribution >= 4 is 17.3 Å². The number of hydrogen-bond acceptors (Lipinski definition) is 3. The van der Waals surface area contributed by atoms with Gasteiger partial charge in [0, 0.05) is 5.56 Å². The zero-order chi connectivity index (χ0) is 14.2. The summed E-state index contributed by atoms with van der Waals surface area (Å²) in [6, 6.07) is 5.54. The average molecular weight is 258 g/mol. The topological polar surface area (TPSA) is 68.3 Å². The quantitative estimate of drug-likeness (QED) is 0.812. The van der Waals surface area contributed by atoms with Gasteiger partial charge in [-0.1, -0.05) is 6.07 Å². The van der Waals surface area contributed by atoms with Crippen LogP contribution in [0.3, 0.4) is 0 Å². The zero-order valence-electron chi connectivity index (χ0n) is 11.6. The van der Waals surface area contributed by atoms with Crippen molar-refractivity contribution < 1.29 is 9.21 Å². The minimum absolute atomic E-state index is 0.191. The summed E-state index contributed by atoms with van der Waals surface area (Å²) >= 11 is 0. The third-order valence-electron chi connectivity index (χ3n) is 3.25. The number of rotatable bonds is 2. The average Bonchev–Trinajstić information content (AvgIpc) is 2.58. The van der Waals surface area contributed by atoms with E-state index < -0.39 is 0 Å². The molecule has 1 aromatic carbocycles. The minimum Gasteiger partial charge on any atom is -0.466 e. The Bertz CT molecular complexity index is 642. The van der Waals surface area contributed by atoms with E-state index in [1.807, 2.05) is 32.9 Å². The van der Waals surface area contributed by atoms with Crippen molar-refractivity contribution in [3.8, 4) is 0 Å². The van der Waals surface area contributed by atoms with Crippen molar-refractivity contribution in [2.45, 2.75) is 27.7 Å². The number of nitrogens with two attached hydrogens (primary N) is 1. The van der Waals surface area contributed by atoms with Crippen LogP contribution in [0.4, 0.5) is 11.4 Å². The van der Waals surface area contributed by atoms with Crippen LogP contribution < -0.4 is 11.1 Å². The Labute approximate surface area is 112 Å². The van der Waals surface area contributed by atoms with E-state index in [-0.39, 0.29) is 5.91 Å².